The third-order valence-corrected chi connectivity index (χ3v) is 2.75. The number of nitrogens with zero attached hydrogens (tertiary/aromatic N) is 1. The zero-order valence-corrected chi connectivity index (χ0v) is 11.1. The van der Waals surface area contributed by atoms with E-state index in [1.54, 1.807) is 6.20 Å². The average Bonchev–Trinajstić information content (AvgIpc) is 2.39. The van der Waals surface area contributed by atoms with Gasteiger partial charge in [-0.1, -0.05) is 12.1 Å². The summed E-state index contributed by atoms with van der Waals surface area (Å²) in [6, 6.07) is 11.8. The van der Waals surface area contributed by atoms with Crippen molar-refractivity contribution in [1.29, 1.82) is 0 Å². The number of pyridine rings is 1. The van der Waals surface area contributed by atoms with E-state index in [4.69, 9.17) is 0 Å². The molecule has 0 aliphatic carbocycles. The van der Waals surface area contributed by atoms with Crippen molar-refractivity contribution < 1.29 is 4.79 Å². The van der Waals surface area contributed by atoms with Gasteiger partial charge in [0, 0.05) is 30.7 Å². The van der Waals surface area contributed by atoms with Crippen LogP contribution < -0.4 is 10.6 Å². The van der Waals surface area contributed by atoms with E-state index in [2.05, 4.69) is 22.5 Å². The molecule has 4 heteroatoms. The summed E-state index contributed by atoms with van der Waals surface area (Å²) >= 11 is 0. The Morgan fingerprint density at radius 2 is 2.00 bits per heavy atom. The molecule has 4 nitrogen and oxygen atoms in total. The molecule has 1 heterocycles. The standard InChI is InChI=1S/C15H17N3O/c1-11(13-5-4-8-16-10-13)17-14-6-3-7-15(9-14)18-12(2)19/h3-11,17H,1-2H3,(H,18,19). The number of benzene rings is 1. The van der Waals surface area contributed by atoms with Gasteiger partial charge in [-0.05, 0) is 36.8 Å². The van der Waals surface area contributed by atoms with Crippen LogP contribution in [-0.2, 0) is 4.79 Å². The van der Waals surface area contributed by atoms with Crippen molar-refractivity contribution in [3.63, 3.8) is 0 Å². The first kappa shape index (κ1) is 13.1. The topological polar surface area (TPSA) is 54.0 Å². The number of rotatable bonds is 4. The van der Waals surface area contributed by atoms with E-state index in [0.29, 0.717) is 0 Å². The summed E-state index contributed by atoms with van der Waals surface area (Å²) in [6.45, 7) is 3.57. The summed E-state index contributed by atoms with van der Waals surface area (Å²) in [5, 5.41) is 6.15. The van der Waals surface area contributed by atoms with Gasteiger partial charge in [0.25, 0.3) is 0 Å². The lowest BCUT2D eigenvalue weighted by atomic mass is 10.1. The van der Waals surface area contributed by atoms with E-state index in [-0.39, 0.29) is 11.9 Å². The summed E-state index contributed by atoms with van der Waals surface area (Å²) in [4.78, 5) is 15.1. The monoisotopic (exact) mass is 255 g/mol. The van der Waals surface area contributed by atoms with Gasteiger partial charge < -0.3 is 10.6 Å². The number of carbonyl (C=O) groups excluding carboxylic acids is 1. The second kappa shape index (κ2) is 6.00. The van der Waals surface area contributed by atoms with Crippen LogP contribution in [0.15, 0.2) is 48.8 Å². The van der Waals surface area contributed by atoms with Crippen LogP contribution in [0.4, 0.5) is 11.4 Å². The highest BCUT2D eigenvalue weighted by atomic mass is 16.1. The van der Waals surface area contributed by atoms with E-state index in [1.165, 1.54) is 6.92 Å². The van der Waals surface area contributed by atoms with Crippen molar-refractivity contribution in [3.05, 3.63) is 54.4 Å². The van der Waals surface area contributed by atoms with Crippen LogP contribution in [0, 0.1) is 0 Å². The SMILES string of the molecule is CC(=O)Nc1cccc(NC(C)c2cccnc2)c1. The fourth-order valence-electron chi connectivity index (χ4n) is 1.86. The number of amides is 1. The van der Waals surface area contributed by atoms with Crippen molar-refractivity contribution in [2.75, 3.05) is 10.6 Å². The van der Waals surface area contributed by atoms with Gasteiger partial charge in [-0.2, -0.15) is 0 Å². The Kier molecular flexibility index (Phi) is 4.13. The smallest absolute Gasteiger partial charge is 0.221 e. The molecule has 0 bridgehead atoms. The average molecular weight is 255 g/mol. The van der Waals surface area contributed by atoms with Crippen LogP contribution in [0.3, 0.4) is 0 Å². The Morgan fingerprint density at radius 1 is 1.21 bits per heavy atom. The number of hydrogen-bond acceptors (Lipinski definition) is 3. The predicted octanol–water partition coefficient (Wildman–Crippen LogP) is 3.21. The van der Waals surface area contributed by atoms with Crippen LogP contribution in [0.2, 0.25) is 0 Å². The maximum absolute atomic E-state index is 11.0. The number of hydrogen-bond donors (Lipinski definition) is 2. The summed E-state index contributed by atoms with van der Waals surface area (Å²) in [7, 11) is 0. The maximum Gasteiger partial charge on any atom is 0.221 e. The van der Waals surface area contributed by atoms with Gasteiger partial charge in [-0.3, -0.25) is 9.78 Å². The predicted molar refractivity (Wildman–Crippen MR) is 77.0 cm³/mol. The first-order valence-corrected chi connectivity index (χ1v) is 6.19. The fraction of sp³-hybridized carbons (Fsp3) is 0.200. The van der Waals surface area contributed by atoms with Crippen molar-refractivity contribution in [3.8, 4) is 0 Å². The quantitative estimate of drug-likeness (QED) is 0.882. The minimum absolute atomic E-state index is 0.0718. The van der Waals surface area contributed by atoms with Gasteiger partial charge >= 0.3 is 0 Å². The van der Waals surface area contributed by atoms with Crippen molar-refractivity contribution in [1.82, 2.24) is 4.98 Å². The van der Waals surface area contributed by atoms with E-state index < -0.39 is 0 Å². The van der Waals surface area contributed by atoms with E-state index in [9.17, 15) is 4.79 Å². The van der Waals surface area contributed by atoms with Crippen LogP contribution in [0.25, 0.3) is 0 Å². The summed E-state index contributed by atoms with van der Waals surface area (Å²) in [5.41, 5.74) is 2.87. The van der Waals surface area contributed by atoms with Gasteiger partial charge in [0.15, 0.2) is 0 Å². The van der Waals surface area contributed by atoms with Gasteiger partial charge in [0.1, 0.15) is 0 Å². The zero-order chi connectivity index (χ0) is 13.7. The third-order valence-electron chi connectivity index (χ3n) is 2.75. The Bertz CT molecular complexity index is 554. The summed E-state index contributed by atoms with van der Waals surface area (Å²) < 4.78 is 0. The molecule has 0 radical (unpaired) electrons. The lowest BCUT2D eigenvalue weighted by Gasteiger charge is -2.16. The molecule has 1 atom stereocenters. The van der Waals surface area contributed by atoms with Crippen molar-refractivity contribution in [2.45, 2.75) is 19.9 Å². The lowest BCUT2D eigenvalue weighted by molar-refractivity contribution is -0.114. The number of anilines is 2. The molecule has 1 unspecified atom stereocenters. The van der Waals surface area contributed by atoms with E-state index in [0.717, 1.165) is 16.9 Å². The van der Waals surface area contributed by atoms with E-state index >= 15 is 0 Å². The molecule has 98 valence electrons. The lowest BCUT2D eigenvalue weighted by Crippen LogP contribution is -2.08. The Labute approximate surface area is 112 Å². The number of carbonyl (C=O) groups is 1. The molecule has 19 heavy (non-hydrogen) atoms. The van der Waals surface area contributed by atoms with Crippen LogP contribution in [0.1, 0.15) is 25.5 Å². The van der Waals surface area contributed by atoms with Gasteiger partial charge in [0.05, 0.1) is 6.04 Å². The second-order valence-electron chi connectivity index (χ2n) is 4.41. The van der Waals surface area contributed by atoms with Gasteiger partial charge in [0.2, 0.25) is 5.91 Å². The molecule has 1 amide bonds. The summed E-state index contributed by atoms with van der Waals surface area (Å²) in [6.07, 6.45) is 3.60. The second-order valence-corrected chi connectivity index (χ2v) is 4.41. The molecule has 0 saturated heterocycles. The molecule has 1 aromatic heterocycles. The number of aromatic nitrogens is 1. The molecule has 2 N–H and O–H groups in total. The molecule has 2 rings (SSSR count). The van der Waals surface area contributed by atoms with Crippen molar-refractivity contribution >= 4 is 17.3 Å². The molecule has 1 aromatic carbocycles. The van der Waals surface area contributed by atoms with E-state index in [1.807, 2.05) is 42.6 Å². The molecule has 0 spiro atoms. The Hall–Kier alpha value is -2.36. The minimum atomic E-state index is -0.0718. The van der Waals surface area contributed by atoms with Gasteiger partial charge in [-0.15, -0.1) is 0 Å². The molecule has 0 aliphatic rings. The minimum Gasteiger partial charge on any atom is -0.378 e. The molecule has 2 aromatic rings. The third kappa shape index (κ3) is 3.81. The normalized spacial score (nSPS) is 11.7. The highest BCUT2D eigenvalue weighted by Crippen LogP contribution is 2.21. The highest BCUT2D eigenvalue weighted by molar-refractivity contribution is 5.89. The van der Waals surface area contributed by atoms with Crippen LogP contribution in [-0.4, -0.2) is 10.9 Å². The Morgan fingerprint density at radius 3 is 2.68 bits per heavy atom. The molecule has 0 saturated carbocycles. The zero-order valence-electron chi connectivity index (χ0n) is 11.1. The Balaban J connectivity index is 2.08. The molecular weight excluding hydrogens is 238 g/mol. The van der Waals surface area contributed by atoms with Crippen LogP contribution in [0.5, 0.6) is 0 Å². The maximum atomic E-state index is 11.0. The number of nitrogens with one attached hydrogen (secondary N) is 2. The first-order chi connectivity index (χ1) is 9.15. The largest absolute Gasteiger partial charge is 0.378 e. The summed E-state index contributed by atoms with van der Waals surface area (Å²) in [5.74, 6) is -0.0718. The first-order valence-electron chi connectivity index (χ1n) is 6.19. The molecule has 0 aliphatic heterocycles. The van der Waals surface area contributed by atoms with Crippen molar-refractivity contribution in [2.24, 2.45) is 0 Å². The van der Waals surface area contributed by atoms with Gasteiger partial charge in [-0.25, -0.2) is 0 Å². The highest BCUT2D eigenvalue weighted by Gasteiger charge is 2.05. The molecular formula is C15H17N3O. The van der Waals surface area contributed by atoms with Crippen LogP contribution >= 0.6 is 0 Å². The molecule has 0 fully saturated rings. The fourth-order valence-corrected chi connectivity index (χ4v) is 1.86.